The maximum absolute atomic E-state index is 5.16. The number of nitrogens with one attached hydrogen (secondary N) is 1. The van der Waals surface area contributed by atoms with Gasteiger partial charge in [0.05, 0.1) is 27.8 Å². The average molecular weight is 567 g/mol. The van der Waals surface area contributed by atoms with Crippen molar-refractivity contribution >= 4 is 49.2 Å². The van der Waals surface area contributed by atoms with Crippen LogP contribution in [0.15, 0.2) is 140 Å². The summed E-state index contributed by atoms with van der Waals surface area (Å²) in [4.78, 5) is 14.4. The maximum atomic E-state index is 5.16. The number of para-hydroxylation sites is 3. The molecule has 0 aliphatic carbocycles. The monoisotopic (exact) mass is 566 g/mol. The third kappa shape index (κ3) is 3.78. The zero-order valence-corrected chi connectivity index (χ0v) is 23.7. The molecule has 1 N–H and O–H groups in total. The number of aromatic nitrogens is 5. The Bertz CT molecular complexity index is 2390. The van der Waals surface area contributed by atoms with Gasteiger partial charge in [0.1, 0.15) is 5.82 Å². The van der Waals surface area contributed by atoms with Crippen molar-refractivity contribution in [1.82, 2.24) is 29.4 Å². The molecule has 1 aliphatic heterocycles. The van der Waals surface area contributed by atoms with Gasteiger partial charge < -0.3 is 9.88 Å². The first-order chi connectivity index (χ1) is 21.8. The number of hydrogen-bond acceptors (Lipinski definition) is 4. The fourth-order valence-corrected chi connectivity index (χ4v) is 6.52. The number of pyridine rings is 1. The number of nitrogens with zero attached hydrogens (tertiary/aromatic N) is 5. The molecule has 44 heavy (non-hydrogen) atoms. The Hall–Kier alpha value is -6.01. The molecule has 4 aromatic carbocycles. The highest BCUT2D eigenvalue weighted by molar-refractivity contribution is 6.12. The van der Waals surface area contributed by atoms with Gasteiger partial charge in [-0.3, -0.25) is 9.55 Å². The Morgan fingerprint density at radius 1 is 0.591 bits per heavy atom. The van der Waals surface area contributed by atoms with Gasteiger partial charge in [0.15, 0.2) is 5.82 Å². The summed E-state index contributed by atoms with van der Waals surface area (Å²) in [5.74, 6) is 1.52. The predicted octanol–water partition coefficient (Wildman–Crippen LogP) is 8.23. The zero-order valence-electron chi connectivity index (χ0n) is 23.7. The number of allylic oxidation sites excluding steroid dienone is 2. The van der Waals surface area contributed by atoms with Crippen LogP contribution in [-0.2, 0) is 0 Å². The predicted molar refractivity (Wildman–Crippen MR) is 179 cm³/mol. The van der Waals surface area contributed by atoms with Crippen LogP contribution in [-0.4, -0.2) is 30.6 Å². The number of benzene rings is 4. The van der Waals surface area contributed by atoms with Crippen molar-refractivity contribution in [3.8, 4) is 22.8 Å². The largest absolute Gasteiger partial charge is 0.387 e. The van der Waals surface area contributed by atoms with Crippen LogP contribution in [0.1, 0.15) is 5.82 Å². The first kappa shape index (κ1) is 24.6. The third-order valence-electron chi connectivity index (χ3n) is 8.49. The van der Waals surface area contributed by atoms with E-state index in [0.29, 0.717) is 5.82 Å². The van der Waals surface area contributed by atoms with Crippen molar-refractivity contribution < 1.29 is 0 Å². The summed E-state index contributed by atoms with van der Waals surface area (Å²) in [5.41, 5.74) is 8.56. The number of rotatable bonds is 4. The first-order valence-corrected chi connectivity index (χ1v) is 14.8. The van der Waals surface area contributed by atoms with Crippen molar-refractivity contribution in [2.45, 2.75) is 0 Å². The van der Waals surface area contributed by atoms with Crippen molar-refractivity contribution in [2.75, 3.05) is 6.54 Å². The molecule has 0 amide bonds. The lowest BCUT2D eigenvalue weighted by molar-refractivity contribution is 0.963. The molecule has 4 aromatic heterocycles. The summed E-state index contributed by atoms with van der Waals surface area (Å²) in [6, 6.07) is 38.7. The molecule has 0 radical (unpaired) electrons. The Kier molecular flexibility index (Phi) is 5.46. The summed E-state index contributed by atoms with van der Waals surface area (Å²) in [6.07, 6.45) is 9.71. The van der Waals surface area contributed by atoms with Crippen LogP contribution in [0.5, 0.6) is 0 Å². The summed E-state index contributed by atoms with van der Waals surface area (Å²) in [5, 5.41) is 8.09. The molecule has 0 bridgehead atoms. The molecule has 6 heteroatoms. The highest BCUT2D eigenvalue weighted by Crippen LogP contribution is 2.37. The summed E-state index contributed by atoms with van der Waals surface area (Å²) >= 11 is 0. The average Bonchev–Trinajstić information content (AvgIpc) is 3.61. The normalized spacial score (nSPS) is 13.1. The fraction of sp³-hybridized carbons (Fsp3) is 0.0263. The first-order valence-electron chi connectivity index (χ1n) is 14.8. The van der Waals surface area contributed by atoms with Crippen molar-refractivity contribution in [3.63, 3.8) is 0 Å². The van der Waals surface area contributed by atoms with E-state index >= 15 is 0 Å². The van der Waals surface area contributed by atoms with Gasteiger partial charge in [0.25, 0.3) is 0 Å². The van der Waals surface area contributed by atoms with Gasteiger partial charge in [-0.05, 0) is 60.8 Å². The van der Waals surface area contributed by atoms with E-state index in [9.17, 15) is 0 Å². The lowest BCUT2D eigenvalue weighted by Crippen LogP contribution is -2.10. The van der Waals surface area contributed by atoms with Crippen LogP contribution in [0.25, 0.3) is 71.9 Å². The van der Waals surface area contributed by atoms with Gasteiger partial charge in [-0.1, -0.05) is 60.7 Å². The zero-order chi connectivity index (χ0) is 29.0. The van der Waals surface area contributed by atoms with Crippen LogP contribution in [0.4, 0.5) is 0 Å². The van der Waals surface area contributed by atoms with Crippen molar-refractivity contribution in [1.29, 1.82) is 0 Å². The summed E-state index contributed by atoms with van der Waals surface area (Å²) in [6.45, 7) is 0.741. The molecule has 0 atom stereocenters. The summed E-state index contributed by atoms with van der Waals surface area (Å²) in [7, 11) is 0. The Balaban J connectivity index is 1.31. The van der Waals surface area contributed by atoms with E-state index in [4.69, 9.17) is 9.97 Å². The molecule has 1 aliphatic rings. The molecular weight excluding hydrogens is 540 g/mol. The van der Waals surface area contributed by atoms with Crippen LogP contribution in [0.2, 0.25) is 0 Å². The van der Waals surface area contributed by atoms with Crippen LogP contribution < -0.4 is 5.32 Å². The second kappa shape index (κ2) is 9.78. The molecule has 0 spiro atoms. The molecule has 8 aromatic rings. The maximum Gasteiger partial charge on any atom is 0.161 e. The molecule has 0 saturated carbocycles. The number of fused-ring (bicyclic) bond motifs is 6. The lowest BCUT2D eigenvalue weighted by Gasteiger charge is -2.14. The van der Waals surface area contributed by atoms with Gasteiger partial charge in [-0.2, -0.15) is 0 Å². The minimum absolute atomic E-state index is 0.694. The van der Waals surface area contributed by atoms with E-state index < -0.39 is 0 Å². The lowest BCUT2D eigenvalue weighted by atomic mass is 10.1. The molecular formula is C38H26N6. The van der Waals surface area contributed by atoms with Crippen LogP contribution in [0.3, 0.4) is 0 Å². The minimum atomic E-state index is 0.694. The Morgan fingerprint density at radius 3 is 1.91 bits per heavy atom. The van der Waals surface area contributed by atoms with E-state index in [-0.39, 0.29) is 0 Å². The van der Waals surface area contributed by atoms with E-state index in [2.05, 4.69) is 123 Å². The topological polar surface area (TPSA) is 60.6 Å². The van der Waals surface area contributed by atoms with Gasteiger partial charge in [-0.15, -0.1) is 0 Å². The van der Waals surface area contributed by atoms with Gasteiger partial charge >= 0.3 is 0 Å². The highest BCUT2D eigenvalue weighted by Gasteiger charge is 2.19. The smallest absolute Gasteiger partial charge is 0.161 e. The van der Waals surface area contributed by atoms with Crippen LogP contribution in [0, 0.1) is 0 Å². The molecule has 0 saturated heterocycles. The molecule has 5 heterocycles. The Morgan fingerprint density at radius 2 is 1.23 bits per heavy atom. The standard InChI is InChI=1S/C38H26N6/c1-4-10-33-28(7-1)29-8-2-5-11-34(29)43(33)27-13-14-36-31(23-27)30-9-3-6-12-35(30)44(36)37-24-32(25-15-19-39-20-16-25)41-38(42-37)26-17-21-40-22-18-26/h1-21,23-24,40H,22H2. The van der Waals surface area contributed by atoms with Gasteiger partial charge in [0.2, 0.25) is 0 Å². The molecule has 208 valence electrons. The SMILES string of the molecule is C1=CC(c2nc(-c3ccncc3)cc(-n3c4ccccc4c4cc(-n5c6ccccc6c6ccccc65)ccc43)n2)=CCN1. The van der Waals surface area contributed by atoms with E-state index in [1.54, 1.807) is 12.4 Å². The summed E-state index contributed by atoms with van der Waals surface area (Å²) < 4.78 is 4.64. The molecule has 9 rings (SSSR count). The van der Waals surface area contributed by atoms with E-state index in [1.807, 2.05) is 24.4 Å². The van der Waals surface area contributed by atoms with Gasteiger partial charge in [-0.25, -0.2) is 9.97 Å². The van der Waals surface area contributed by atoms with E-state index in [1.165, 1.54) is 32.6 Å². The second-order valence-electron chi connectivity index (χ2n) is 11.0. The number of hydrogen-bond donors (Lipinski definition) is 1. The van der Waals surface area contributed by atoms with Crippen molar-refractivity contribution in [2.24, 2.45) is 0 Å². The molecule has 0 unspecified atom stereocenters. The van der Waals surface area contributed by atoms with Crippen LogP contribution >= 0.6 is 0 Å². The van der Waals surface area contributed by atoms with Gasteiger partial charge in [0, 0.05) is 63.4 Å². The molecule has 6 nitrogen and oxygen atoms in total. The third-order valence-corrected chi connectivity index (χ3v) is 8.49. The quantitative estimate of drug-likeness (QED) is 0.233. The van der Waals surface area contributed by atoms with Crippen molar-refractivity contribution in [3.05, 3.63) is 146 Å². The molecule has 0 fully saturated rings. The number of dihydropyridines is 1. The van der Waals surface area contributed by atoms with E-state index in [0.717, 1.165) is 45.9 Å². The minimum Gasteiger partial charge on any atom is -0.387 e. The fourth-order valence-electron chi connectivity index (χ4n) is 6.52. The Labute approximate surface area is 253 Å². The highest BCUT2D eigenvalue weighted by atomic mass is 15.1. The second-order valence-corrected chi connectivity index (χ2v) is 11.0.